The highest BCUT2D eigenvalue weighted by molar-refractivity contribution is 5.92. The summed E-state index contributed by atoms with van der Waals surface area (Å²) in [5.74, 6) is -0.131. The number of non-ortho nitro benzene ring substituents is 1. The van der Waals surface area contributed by atoms with Gasteiger partial charge in [-0.2, -0.15) is 0 Å². The summed E-state index contributed by atoms with van der Waals surface area (Å²) in [7, 11) is 0. The molecule has 1 fully saturated rings. The Morgan fingerprint density at radius 1 is 1.24 bits per heavy atom. The van der Waals surface area contributed by atoms with E-state index in [0.29, 0.717) is 5.56 Å². The molecule has 0 bridgehead atoms. The fourth-order valence-corrected chi connectivity index (χ4v) is 2.59. The van der Waals surface area contributed by atoms with Crippen LogP contribution in [0.4, 0.5) is 5.69 Å². The number of carbonyl (C=O) groups excluding carboxylic acids is 1. The number of rotatable bonds is 4. The maximum Gasteiger partial charge on any atom is 0.270 e. The molecule has 1 saturated carbocycles. The maximum atomic E-state index is 11.9. The van der Waals surface area contributed by atoms with Gasteiger partial charge in [-0.1, -0.05) is 37.8 Å². The average Bonchev–Trinajstić information content (AvgIpc) is 2.74. The number of hydrogen-bond donors (Lipinski definition) is 1. The predicted octanol–water partition coefficient (Wildman–Crippen LogP) is 3.45. The molecule has 1 amide bonds. The van der Waals surface area contributed by atoms with Crippen molar-refractivity contribution in [2.24, 2.45) is 0 Å². The van der Waals surface area contributed by atoms with Crippen LogP contribution in [0.25, 0.3) is 6.08 Å². The zero-order valence-electron chi connectivity index (χ0n) is 12.0. The van der Waals surface area contributed by atoms with Crippen molar-refractivity contribution >= 4 is 17.7 Å². The van der Waals surface area contributed by atoms with Gasteiger partial charge in [0.05, 0.1) is 4.92 Å². The summed E-state index contributed by atoms with van der Waals surface area (Å²) >= 11 is 0. The van der Waals surface area contributed by atoms with Crippen LogP contribution in [0.15, 0.2) is 30.3 Å². The van der Waals surface area contributed by atoms with E-state index >= 15 is 0 Å². The lowest BCUT2D eigenvalue weighted by Crippen LogP contribution is -2.33. The SMILES string of the molecule is O=C(/C=C/c1cccc([N+](=O)[O-])c1)NC1CCCCCC1. The van der Waals surface area contributed by atoms with Gasteiger partial charge in [-0.15, -0.1) is 0 Å². The smallest absolute Gasteiger partial charge is 0.270 e. The van der Waals surface area contributed by atoms with E-state index in [0.717, 1.165) is 12.8 Å². The molecule has 0 saturated heterocycles. The third-order valence-electron chi connectivity index (χ3n) is 3.71. The van der Waals surface area contributed by atoms with Crippen molar-refractivity contribution in [3.63, 3.8) is 0 Å². The van der Waals surface area contributed by atoms with E-state index in [1.807, 2.05) is 0 Å². The Morgan fingerprint density at radius 2 is 1.95 bits per heavy atom. The second kappa shape index (κ2) is 7.57. The minimum absolute atomic E-state index is 0.0290. The molecule has 0 unspecified atom stereocenters. The predicted molar refractivity (Wildman–Crippen MR) is 81.8 cm³/mol. The van der Waals surface area contributed by atoms with Gasteiger partial charge in [0.15, 0.2) is 0 Å². The molecule has 1 aliphatic rings. The number of carbonyl (C=O) groups is 1. The van der Waals surface area contributed by atoms with E-state index in [4.69, 9.17) is 0 Å². The van der Waals surface area contributed by atoms with Gasteiger partial charge in [0.2, 0.25) is 5.91 Å². The monoisotopic (exact) mass is 288 g/mol. The summed E-state index contributed by atoms with van der Waals surface area (Å²) < 4.78 is 0. The third kappa shape index (κ3) is 5.02. The van der Waals surface area contributed by atoms with E-state index in [2.05, 4.69) is 5.32 Å². The summed E-state index contributed by atoms with van der Waals surface area (Å²) in [5.41, 5.74) is 0.682. The fourth-order valence-electron chi connectivity index (χ4n) is 2.59. The number of nitro benzene ring substituents is 1. The normalized spacial score (nSPS) is 16.6. The largest absolute Gasteiger partial charge is 0.350 e. The molecule has 1 N–H and O–H groups in total. The third-order valence-corrected chi connectivity index (χ3v) is 3.71. The minimum atomic E-state index is -0.442. The first-order valence-corrected chi connectivity index (χ1v) is 7.38. The second-order valence-electron chi connectivity index (χ2n) is 5.38. The average molecular weight is 288 g/mol. The first-order valence-electron chi connectivity index (χ1n) is 7.38. The number of nitrogens with zero attached hydrogens (tertiary/aromatic N) is 1. The van der Waals surface area contributed by atoms with E-state index in [1.54, 1.807) is 18.2 Å². The van der Waals surface area contributed by atoms with Crippen molar-refractivity contribution in [3.05, 3.63) is 46.0 Å². The molecule has 112 valence electrons. The molecular weight excluding hydrogens is 268 g/mol. The van der Waals surface area contributed by atoms with Crippen LogP contribution in [0.1, 0.15) is 44.1 Å². The van der Waals surface area contributed by atoms with Crippen LogP contribution in [0.2, 0.25) is 0 Å². The van der Waals surface area contributed by atoms with Crippen molar-refractivity contribution in [2.75, 3.05) is 0 Å². The fraction of sp³-hybridized carbons (Fsp3) is 0.438. The molecule has 5 nitrogen and oxygen atoms in total. The first kappa shape index (κ1) is 15.2. The number of benzene rings is 1. The van der Waals surface area contributed by atoms with Gasteiger partial charge in [-0.25, -0.2) is 0 Å². The van der Waals surface area contributed by atoms with Crippen molar-refractivity contribution < 1.29 is 9.72 Å². The summed E-state index contributed by atoms with van der Waals surface area (Å²) in [4.78, 5) is 22.1. The molecule has 0 spiro atoms. The van der Waals surface area contributed by atoms with Gasteiger partial charge < -0.3 is 5.32 Å². The Kier molecular flexibility index (Phi) is 5.49. The highest BCUT2D eigenvalue weighted by atomic mass is 16.6. The molecule has 2 rings (SSSR count). The maximum absolute atomic E-state index is 11.9. The van der Waals surface area contributed by atoms with Crippen molar-refractivity contribution in [1.29, 1.82) is 0 Å². The Balaban J connectivity index is 1.92. The van der Waals surface area contributed by atoms with Gasteiger partial charge in [-0.3, -0.25) is 14.9 Å². The van der Waals surface area contributed by atoms with Crippen LogP contribution in [0.5, 0.6) is 0 Å². The lowest BCUT2D eigenvalue weighted by Gasteiger charge is -2.14. The minimum Gasteiger partial charge on any atom is -0.350 e. The molecular formula is C16H20N2O3. The van der Waals surface area contributed by atoms with E-state index in [9.17, 15) is 14.9 Å². The molecule has 0 atom stereocenters. The molecule has 5 heteroatoms. The molecule has 0 radical (unpaired) electrons. The first-order chi connectivity index (χ1) is 10.1. The second-order valence-corrected chi connectivity index (χ2v) is 5.38. The lowest BCUT2D eigenvalue weighted by atomic mass is 10.1. The molecule has 1 aliphatic carbocycles. The zero-order chi connectivity index (χ0) is 15.1. The Labute approximate surface area is 124 Å². The van der Waals surface area contributed by atoms with Crippen molar-refractivity contribution in [2.45, 2.75) is 44.6 Å². The molecule has 0 aromatic heterocycles. The van der Waals surface area contributed by atoms with Crippen LogP contribution < -0.4 is 5.32 Å². The van der Waals surface area contributed by atoms with Crippen LogP contribution >= 0.6 is 0 Å². The summed E-state index contributed by atoms with van der Waals surface area (Å²) in [6, 6.07) is 6.50. The standard InChI is InChI=1S/C16H20N2O3/c19-16(17-14-7-3-1-2-4-8-14)11-10-13-6-5-9-15(12-13)18(20)21/h5-6,9-12,14H,1-4,7-8H2,(H,17,19)/b11-10+. The Bertz CT molecular complexity index is 532. The van der Waals surface area contributed by atoms with Gasteiger partial charge in [-0.05, 0) is 24.5 Å². The van der Waals surface area contributed by atoms with Crippen molar-refractivity contribution in [1.82, 2.24) is 5.32 Å². The summed E-state index contributed by atoms with van der Waals surface area (Å²) in [6.07, 6.45) is 9.96. The summed E-state index contributed by atoms with van der Waals surface area (Å²) in [5, 5.41) is 13.7. The molecule has 1 aromatic carbocycles. The quantitative estimate of drug-likeness (QED) is 0.399. The zero-order valence-corrected chi connectivity index (χ0v) is 12.0. The van der Waals surface area contributed by atoms with Crippen molar-refractivity contribution in [3.8, 4) is 0 Å². The van der Waals surface area contributed by atoms with Crippen LogP contribution in [0.3, 0.4) is 0 Å². The van der Waals surface area contributed by atoms with Crippen LogP contribution in [-0.2, 0) is 4.79 Å². The van der Waals surface area contributed by atoms with E-state index in [-0.39, 0.29) is 17.6 Å². The van der Waals surface area contributed by atoms with Crippen LogP contribution in [-0.4, -0.2) is 16.9 Å². The number of nitro groups is 1. The molecule has 21 heavy (non-hydrogen) atoms. The Morgan fingerprint density at radius 3 is 2.62 bits per heavy atom. The summed E-state index contributed by atoms with van der Waals surface area (Å²) in [6.45, 7) is 0. The molecule has 1 aromatic rings. The van der Waals surface area contributed by atoms with Gasteiger partial charge in [0.25, 0.3) is 5.69 Å². The highest BCUT2D eigenvalue weighted by Crippen LogP contribution is 2.17. The Hall–Kier alpha value is -2.17. The topological polar surface area (TPSA) is 72.2 Å². The van der Waals surface area contributed by atoms with E-state index in [1.165, 1.54) is 43.9 Å². The number of nitrogens with one attached hydrogen (secondary N) is 1. The van der Waals surface area contributed by atoms with E-state index < -0.39 is 4.92 Å². The van der Waals surface area contributed by atoms with Gasteiger partial charge >= 0.3 is 0 Å². The highest BCUT2D eigenvalue weighted by Gasteiger charge is 2.13. The molecule has 0 aliphatic heterocycles. The van der Waals surface area contributed by atoms with Crippen LogP contribution in [0, 0.1) is 10.1 Å². The van der Waals surface area contributed by atoms with Gasteiger partial charge in [0.1, 0.15) is 0 Å². The van der Waals surface area contributed by atoms with Gasteiger partial charge in [0, 0.05) is 24.3 Å². The lowest BCUT2D eigenvalue weighted by molar-refractivity contribution is -0.384. The number of amides is 1. The number of hydrogen-bond acceptors (Lipinski definition) is 3. The molecule has 0 heterocycles.